The summed E-state index contributed by atoms with van der Waals surface area (Å²) in [4.78, 5) is 2.40. The number of anilines is 1. The van der Waals surface area contributed by atoms with E-state index >= 15 is 0 Å². The average Bonchev–Trinajstić information content (AvgIpc) is 3.07. The van der Waals surface area contributed by atoms with Crippen molar-refractivity contribution in [1.82, 2.24) is 0 Å². The van der Waals surface area contributed by atoms with Crippen molar-refractivity contribution in [3.05, 3.63) is 66.0 Å². The van der Waals surface area contributed by atoms with Gasteiger partial charge >= 0.3 is 0 Å². The summed E-state index contributed by atoms with van der Waals surface area (Å²) in [5, 5.41) is 0. The Kier molecular flexibility index (Phi) is 4.57. The Labute approximate surface area is 177 Å². The maximum atomic E-state index is 4.21. The molecule has 4 aliphatic rings. The molecule has 29 heavy (non-hydrogen) atoms. The van der Waals surface area contributed by atoms with Crippen LogP contribution in [0.3, 0.4) is 0 Å². The number of benzene rings is 1. The van der Waals surface area contributed by atoms with Gasteiger partial charge in [0.15, 0.2) is 0 Å². The van der Waals surface area contributed by atoms with Crippen molar-refractivity contribution in [2.24, 2.45) is 28.6 Å². The zero-order valence-corrected chi connectivity index (χ0v) is 18.6. The second-order valence-corrected chi connectivity index (χ2v) is 10.6. The lowest BCUT2D eigenvalue weighted by Crippen LogP contribution is -2.50. The Morgan fingerprint density at radius 1 is 1.00 bits per heavy atom. The van der Waals surface area contributed by atoms with Crippen molar-refractivity contribution in [3.63, 3.8) is 0 Å². The smallest absolute Gasteiger partial charge is 0.0481 e. The number of aryl methyl sites for hydroxylation is 1. The molecule has 2 saturated carbocycles. The van der Waals surface area contributed by atoms with Crippen LogP contribution in [0.4, 0.5) is 5.69 Å². The lowest BCUT2D eigenvalue weighted by Gasteiger charge is -2.57. The molecule has 0 radical (unpaired) electrons. The Balaban J connectivity index is 1.48. The van der Waals surface area contributed by atoms with E-state index in [1.54, 1.807) is 0 Å². The fourth-order valence-electron chi connectivity index (χ4n) is 7.78. The molecular weight excluding hydrogens is 350 g/mol. The minimum atomic E-state index is 0.272. The zero-order chi connectivity index (χ0) is 20.2. The number of fused-ring (bicyclic) bond motifs is 5. The van der Waals surface area contributed by atoms with Crippen LogP contribution in [-0.4, -0.2) is 0 Å². The number of para-hydroxylation sites is 1. The molecule has 2 fully saturated rings. The summed E-state index contributed by atoms with van der Waals surface area (Å²) < 4.78 is 0. The van der Waals surface area contributed by atoms with E-state index in [9.17, 15) is 0 Å². The maximum Gasteiger partial charge on any atom is 0.0481 e. The van der Waals surface area contributed by atoms with Crippen molar-refractivity contribution in [3.8, 4) is 0 Å². The molecule has 5 rings (SSSR count). The molecule has 0 amide bonds. The summed E-state index contributed by atoms with van der Waals surface area (Å²) in [6.07, 6.45) is 18.2. The van der Waals surface area contributed by atoms with Crippen molar-refractivity contribution in [2.45, 2.75) is 72.1 Å². The fraction of sp³-hybridized carbons (Fsp3) is 0.571. The van der Waals surface area contributed by atoms with Crippen molar-refractivity contribution in [1.29, 1.82) is 0 Å². The lowest BCUT2D eigenvalue weighted by molar-refractivity contribution is -0.0171. The normalized spacial score (nSPS) is 38.2. The monoisotopic (exact) mass is 387 g/mol. The topological polar surface area (TPSA) is 3.24 Å². The summed E-state index contributed by atoms with van der Waals surface area (Å²) in [5.41, 5.74) is 6.70. The predicted molar refractivity (Wildman–Crippen MR) is 124 cm³/mol. The number of hydrogen-bond donors (Lipinski definition) is 0. The quantitative estimate of drug-likeness (QED) is 0.478. The Morgan fingerprint density at radius 3 is 2.62 bits per heavy atom. The van der Waals surface area contributed by atoms with Gasteiger partial charge in [-0.05, 0) is 86.7 Å². The molecule has 5 atom stereocenters. The van der Waals surface area contributed by atoms with E-state index in [1.165, 1.54) is 68.3 Å². The van der Waals surface area contributed by atoms with Crippen LogP contribution in [0.5, 0.6) is 0 Å². The molecule has 4 aliphatic carbocycles. The van der Waals surface area contributed by atoms with Gasteiger partial charge in [-0.25, -0.2) is 0 Å². The van der Waals surface area contributed by atoms with Gasteiger partial charge in [0.2, 0.25) is 0 Å². The number of hydrogen-bond acceptors (Lipinski definition) is 1. The SMILES string of the molecule is C=CN(C1=CCC2C3CC=C4CCCCC4(C)C3CCC12C)c1ccccc1C. The van der Waals surface area contributed by atoms with E-state index < -0.39 is 0 Å². The highest BCUT2D eigenvalue weighted by atomic mass is 15.1. The van der Waals surface area contributed by atoms with Crippen LogP contribution >= 0.6 is 0 Å². The largest absolute Gasteiger partial charge is 0.321 e. The van der Waals surface area contributed by atoms with Crippen molar-refractivity contribution in [2.75, 3.05) is 4.90 Å². The van der Waals surface area contributed by atoms with Crippen molar-refractivity contribution >= 4 is 5.69 Å². The molecule has 1 aromatic carbocycles. The van der Waals surface area contributed by atoms with Gasteiger partial charge in [-0.1, -0.05) is 62.8 Å². The van der Waals surface area contributed by atoms with Crippen molar-refractivity contribution < 1.29 is 0 Å². The summed E-state index contributed by atoms with van der Waals surface area (Å²) in [5.74, 6) is 2.52. The standard InChI is InChI=1S/C28H37N/c1-5-29(25-12-7-6-10-20(25)2)26-16-15-23-22-14-13-21-11-8-9-18-27(21,3)24(22)17-19-28(23,26)4/h5-7,10,12-13,16,22-24H,1,8-9,11,14-15,17-19H2,2-4H3. The number of nitrogens with zero attached hydrogens (tertiary/aromatic N) is 1. The second kappa shape index (κ2) is 6.89. The first kappa shape index (κ1) is 19.2. The molecule has 0 aromatic heterocycles. The molecule has 0 spiro atoms. The highest BCUT2D eigenvalue weighted by Gasteiger charge is 2.56. The summed E-state index contributed by atoms with van der Waals surface area (Å²) in [6, 6.07) is 8.76. The molecule has 0 saturated heterocycles. The van der Waals surface area contributed by atoms with Gasteiger partial charge < -0.3 is 4.90 Å². The molecule has 0 aliphatic heterocycles. The third kappa shape index (κ3) is 2.72. The molecule has 5 unspecified atom stereocenters. The molecule has 1 heteroatoms. The minimum Gasteiger partial charge on any atom is -0.321 e. The molecule has 154 valence electrons. The average molecular weight is 388 g/mol. The summed E-state index contributed by atoms with van der Waals surface area (Å²) >= 11 is 0. The highest BCUT2D eigenvalue weighted by molar-refractivity contribution is 5.61. The van der Waals surface area contributed by atoms with E-state index in [4.69, 9.17) is 0 Å². The van der Waals surface area contributed by atoms with Gasteiger partial charge in [0, 0.05) is 23.0 Å². The summed E-state index contributed by atoms with van der Waals surface area (Å²) in [6.45, 7) is 11.6. The Hall–Kier alpha value is -1.76. The molecule has 0 heterocycles. The van der Waals surface area contributed by atoms with Gasteiger partial charge in [-0.15, -0.1) is 0 Å². The Morgan fingerprint density at radius 2 is 1.83 bits per heavy atom. The van der Waals surface area contributed by atoms with E-state index in [-0.39, 0.29) is 5.41 Å². The van der Waals surface area contributed by atoms with Gasteiger partial charge in [-0.3, -0.25) is 0 Å². The predicted octanol–water partition coefficient (Wildman–Crippen LogP) is 7.79. The molecule has 1 nitrogen and oxygen atoms in total. The van der Waals surface area contributed by atoms with Gasteiger partial charge in [0.05, 0.1) is 0 Å². The van der Waals surface area contributed by atoms with E-state index in [0.717, 1.165) is 17.8 Å². The van der Waals surface area contributed by atoms with E-state index in [1.807, 2.05) is 5.57 Å². The van der Waals surface area contributed by atoms with Crippen LogP contribution in [-0.2, 0) is 0 Å². The molecule has 0 bridgehead atoms. The highest BCUT2D eigenvalue weighted by Crippen LogP contribution is 2.65. The fourth-order valence-corrected chi connectivity index (χ4v) is 7.78. The molecule has 0 N–H and O–H groups in total. The van der Waals surface area contributed by atoms with Crippen LogP contribution in [0.1, 0.15) is 70.8 Å². The number of allylic oxidation sites excluding steroid dienone is 4. The van der Waals surface area contributed by atoms with Crippen LogP contribution in [0.2, 0.25) is 0 Å². The van der Waals surface area contributed by atoms with Crippen LogP contribution in [0, 0.1) is 35.5 Å². The van der Waals surface area contributed by atoms with Crippen LogP contribution in [0.15, 0.2) is 60.5 Å². The number of rotatable bonds is 3. The van der Waals surface area contributed by atoms with E-state index in [2.05, 4.69) is 74.9 Å². The third-order valence-corrected chi connectivity index (χ3v) is 9.37. The molecule has 1 aromatic rings. The van der Waals surface area contributed by atoms with Crippen LogP contribution in [0.25, 0.3) is 0 Å². The Bertz CT molecular complexity index is 876. The van der Waals surface area contributed by atoms with Gasteiger partial charge in [-0.2, -0.15) is 0 Å². The second-order valence-electron chi connectivity index (χ2n) is 10.6. The third-order valence-electron chi connectivity index (χ3n) is 9.37. The minimum absolute atomic E-state index is 0.272. The maximum absolute atomic E-state index is 4.21. The first-order chi connectivity index (χ1) is 14.0. The first-order valence-corrected chi connectivity index (χ1v) is 11.9. The molecular formula is C28H37N. The van der Waals surface area contributed by atoms with E-state index in [0.29, 0.717) is 5.41 Å². The van der Waals surface area contributed by atoms with Crippen LogP contribution < -0.4 is 4.90 Å². The summed E-state index contributed by atoms with van der Waals surface area (Å²) in [7, 11) is 0. The zero-order valence-electron chi connectivity index (χ0n) is 18.6. The van der Waals surface area contributed by atoms with Gasteiger partial charge in [0.1, 0.15) is 0 Å². The lowest BCUT2D eigenvalue weighted by atomic mass is 9.48. The van der Waals surface area contributed by atoms with Gasteiger partial charge in [0.25, 0.3) is 0 Å². The first-order valence-electron chi connectivity index (χ1n) is 11.9.